The largest absolute Gasteiger partial charge is 0.324 e. The molecule has 2 N–H and O–H groups in total. The fourth-order valence-electron chi connectivity index (χ4n) is 1.64. The summed E-state index contributed by atoms with van der Waals surface area (Å²) in [5.74, 6) is -0.0635. The number of hydrogen-bond donors (Lipinski definition) is 2. The van der Waals surface area contributed by atoms with E-state index in [4.69, 9.17) is 11.6 Å². The van der Waals surface area contributed by atoms with Crippen molar-refractivity contribution in [3.05, 3.63) is 29.3 Å². The van der Waals surface area contributed by atoms with Gasteiger partial charge in [0.25, 0.3) is 0 Å². The van der Waals surface area contributed by atoms with Gasteiger partial charge in [0.2, 0.25) is 5.91 Å². The average Bonchev–Trinajstić information content (AvgIpc) is 2.36. The van der Waals surface area contributed by atoms with Crippen LogP contribution in [0.25, 0.3) is 0 Å². The van der Waals surface area contributed by atoms with Gasteiger partial charge in [0.05, 0.1) is 17.3 Å². The van der Waals surface area contributed by atoms with Crippen molar-refractivity contribution in [2.75, 3.05) is 11.9 Å². The van der Waals surface area contributed by atoms with Crippen LogP contribution in [-0.4, -0.2) is 18.5 Å². The van der Waals surface area contributed by atoms with Crippen LogP contribution in [0.15, 0.2) is 24.3 Å². The first kappa shape index (κ1) is 15.0. The molecule has 1 aromatic rings. The van der Waals surface area contributed by atoms with Gasteiger partial charge >= 0.3 is 0 Å². The summed E-state index contributed by atoms with van der Waals surface area (Å²) in [4.78, 5) is 11.7. The molecule has 1 aromatic carbocycles. The van der Waals surface area contributed by atoms with Crippen molar-refractivity contribution in [2.45, 2.75) is 39.2 Å². The molecule has 0 aliphatic rings. The van der Waals surface area contributed by atoms with E-state index in [1.54, 1.807) is 12.1 Å². The minimum Gasteiger partial charge on any atom is -0.324 e. The van der Waals surface area contributed by atoms with Crippen LogP contribution in [0.5, 0.6) is 0 Å². The van der Waals surface area contributed by atoms with Crippen LogP contribution in [-0.2, 0) is 4.79 Å². The van der Waals surface area contributed by atoms with Gasteiger partial charge < -0.3 is 10.6 Å². The van der Waals surface area contributed by atoms with Gasteiger partial charge in [-0.25, -0.2) is 0 Å². The molecule has 1 unspecified atom stereocenters. The number of carbonyl (C=O) groups is 1. The molecule has 0 fully saturated rings. The zero-order valence-electron chi connectivity index (χ0n) is 11.0. The SMILES string of the molecule is CCCCC(C)NCC(=O)Nc1ccccc1Cl. The third-order valence-corrected chi connectivity index (χ3v) is 3.08. The number of halogens is 1. The predicted molar refractivity (Wildman–Crippen MR) is 77.1 cm³/mol. The van der Waals surface area contributed by atoms with E-state index in [1.165, 1.54) is 12.8 Å². The molecule has 4 heteroatoms. The zero-order chi connectivity index (χ0) is 13.4. The molecular weight excluding hydrogens is 248 g/mol. The standard InChI is InChI=1S/C14H21ClN2O/c1-3-4-7-11(2)16-10-14(18)17-13-9-6-5-8-12(13)15/h5-6,8-9,11,16H,3-4,7,10H2,1-2H3,(H,17,18). The molecule has 1 rings (SSSR count). The molecule has 0 bridgehead atoms. The second kappa shape index (κ2) is 8.11. The maximum absolute atomic E-state index is 11.7. The van der Waals surface area contributed by atoms with Gasteiger partial charge in [0.15, 0.2) is 0 Å². The Labute approximate surface area is 114 Å². The van der Waals surface area contributed by atoms with E-state index in [1.807, 2.05) is 12.1 Å². The highest BCUT2D eigenvalue weighted by Crippen LogP contribution is 2.19. The van der Waals surface area contributed by atoms with E-state index in [9.17, 15) is 4.79 Å². The normalized spacial score (nSPS) is 12.2. The summed E-state index contributed by atoms with van der Waals surface area (Å²) in [6.07, 6.45) is 3.45. The smallest absolute Gasteiger partial charge is 0.238 e. The molecule has 0 saturated heterocycles. The van der Waals surface area contributed by atoms with Crippen molar-refractivity contribution in [3.8, 4) is 0 Å². The van der Waals surface area contributed by atoms with Crippen LogP contribution in [0.3, 0.4) is 0 Å². The number of rotatable bonds is 7. The summed E-state index contributed by atoms with van der Waals surface area (Å²) in [6, 6.07) is 7.60. The maximum Gasteiger partial charge on any atom is 0.238 e. The second-order valence-electron chi connectivity index (χ2n) is 4.45. The highest BCUT2D eigenvalue weighted by molar-refractivity contribution is 6.33. The molecule has 0 spiro atoms. The Morgan fingerprint density at radius 1 is 1.39 bits per heavy atom. The highest BCUT2D eigenvalue weighted by Gasteiger charge is 2.07. The first-order valence-corrected chi connectivity index (χ1v) is 6.79. The van der Waals surface area contributed by atoms with Crippen LogP contribution in [0.4, 0.5) is 5.69 Å². The highest BCUT2D eigenvalue weighted by atomic mass is 35.5. The van der Waals surface area contributed by atoms with Crippen molar-refractivity contribution >= 4 is 23.2 Å². The summed E-state index contributed by atoms with van der Waals surface area (Å²) < 4.78 is 0. The monoisotopic (exact) mass is 268 g/mol. The van der Waals surface area contributed by atoms with Gasteiger partial charge in [-0.2, -0.15) is 0 Å². The summed E-state index contributed by atoms with van der Waals surface area (Å²) in [5.41, 5.74) is 0.659. The van der Waals surface area contributed by atoms with E-state index >= 15 is 0 Å². The number of carbonyl (C=O) groups excluding carboxylic acids is 1. The Bertz CT molecular complexity index is 382. The Hall–Kier alpha value is -1.06. The van der Waals surface area contributed by atoms with Crippen LogP contribution in [0.2, 0.25) is 5.02 Å². The molecule has 18 heavy (non-hydrogen) atoms. The number of benzene rings is 1. The van der Waals surface area contributed by atoms with Crippen LogP contribution < -0.4 is 10.6 Å². The quantitative estimate of drug-likeness (QED) is 0.795. The van der Waals surface area contributed by atoms with E-state index in [-0.39, 0.29) is 5.91 Å². The van der Waals surface area contributed by atoms with Crippen LogP contribution in [0.1, 0.15) is 33.1 Å². The predicted octanol–water partition coefficient (Wildman–Crippen LogP) is 3.45. The van der Waals surface area contributed by atoms with E-state index in [0.29, 0.717) is 23.3 Å². The first-order chi connectivity index (χ1) is 8.63. The third-order valence-electron chi connectivity index (χ3n) is 2.75. The lowest BCUT2D eigenvalue weighted by molar-refractivity contribution is -0.115. The van der Waals surface area contributed by atoms with Crippen molar-refractivity contribution < 1.29 is 4.79 Å². The summed E-state index contributed by atoms with van der Waals surface area (Å²) in [5, 5.41) is 6.55. The topological polar surface area (TPSA) is 41.1 Å². The number of unbranched alkanes of at least 4 members (excludes halogenated alkanes) is 1. The molecule has 0 aliphatic carbocycles. The van der Waals surface area contributed by atoms with Crippen LogP contribution in [0, 0.1) is 0 Å². The lowest BCUT2D eigenvalue weighted by Gasteiger charge is -2.13. The van der Waals surface area contributed by atoms with Crippen molar-refractivity contribution in [2.24, 2.45) is 0 Å². The average molecular weight is 269 g/mol. The molecule has 0 aromatic heterocycles. The van der Waals surface area contributed by atoms with Crippen molar-refractivity contribution in [1.82, 2.24) is 5.32 Å². The molecule has 1 atom stereocenters. The second-order valence-corrected chi connectivity index (χ2v) is 4.86. The number of anilines is 1. The molecule has 0 aliphatic heterocycles. The Kier molecular flexibility index (Phi) is 6.76. The van der Waals surface area contributed by atoms with Crippen molar-refractivity contribution in [3.63, 3.8) is 0 Å². The van der Waals surface area contributed by atoms with E-state index < -0.39 is 0 Å². The van der Waals surface area contributed by atoms with Crippen molar-refractivity contribution in [1.29, 1.82) is 0 Å². The summed E-state index contributed by atoms with van der Waals surface area (Å²) >= 11 is 5.96. The molecule has 100 valence electrons. The number of hydrogen-bond acceptors (Lipinski definition) is 2. The lowest BCUT2D eigenvalue weighted by atomic mass is 10.1. The minimum absolute atomic E-state index is 0.0635. The summed E-state index contributed by atoms with van der Waals surface area (Å²) in [7, 11) is 0. The molecule has 3 nitrogen and oxygen atoms in total. The number of nitrogens with one attached hydrogen (secondary N) is 2. The Morgan fingerprint density at radius 3 is 2.78 bits per heavy atom. The Balaban J connectivity index is 2.32. The fourth-order valence-corrected chi connectivity index (χ4v) is 1.82. The van der Waals surface area contributed by atoms with E-state index in [2.05, 4.69) is 24.5 Å². The fraction of sp³-hybridized carbons (Fsp3) is 0.500. The number of amides is 1. The molecule has 0 radical (unpaired) electrons. The zero-order valence-corrected chi connectivity index (χ0v) is 11.8. The van der Waals surface area contributed by atoms with Gasteiger partial charge in [0.1, 0.15) is 0 Å². The molecule has 1 amide bonds. The minimum atomic E-state index is -0.0635. The van der Waals surface area contributed by atoms with Gasteiger partial charge in [-0.05, 0) is 25.5 Å². The van der Waals surface area contributed by atoms with Gasteiger partial charge in [-0.1, -0.05) is 43.5 Å². The lowest BCUT2D eigenvalue weighted by Crippen LogP contribution is -2.34. The first-order valence-electron chi connectivity index (χ1n) is 6.41. The Morgan fingerprint density at radius 2 is 2.11 bits per heavy atom. The van der Waals surface area contributed by atoms with Gasteiger partial charge in [0, 0.05) is 6.04 Å². The van der Waals surface area contributed by atoms with E-state index in [0.717, 1.165) is 6.42 Å². The molecule has 0 heterocycles. The third kappa shape index (κ3) is 5.52. The van der Waals surface area contributed by atoms with Gasteiger partial charge in [-0.15, -0.1) is 0 Å². The van der Waals surface area contributed by atoms with Gasteiger partial charge in [-0.3, -0.25) is 4.79 Å². The molecular formula is C14H21ClN2O. The molecule has 0 saturated carbocycles. The summed E-state index contributed by atoms with van der Waals surface area (Å²) in [6.45, 7) is 4.57. The van der Waals surface area contributed by atoms with Crippen LogP contribution >= 0.6 is 11.6 Å². The number of para-hydroxylation sites is 1. The maximum atomic E-state index is 11.7.